The van der Waals surface area contributed by atoms with Crippen LogP contribution in [-0.4, -0.2) is 16.1 Å². The first kappa shape index (κ1) is 13.7. The molecule has 1 aromatic heterocycles. The molecule has 1 heterocycles. The Hall–Kier alpha value is -2.27. The first-order chi connectivity index (χ1) is 10.1. The van der Waals surface area contributed by atoms with E-state index in [1.54, 1.807) is 36.4 Å². The van der Waals surface area contributed by atoms with Gasteiger partial charge >= 0.3 is 5.97 Å². The van der Waals surface area contributed by atoms with Crippen LogP contribution in [0.25, 0.3) is 22.2 Å². The maximum atomic E-state index is 13.3. The van der Waals surface area contributed by atoms with E-state index in [1.165, 1.54) is 12.1 Å². The van der Waals surface area contributed by atoms with Crippen LogP contribution in [0.15, 0.2) is 53.0 Å². The summed E-state index contributed by atoms with van der Waals surface area (Å²) in [6.45, 7) is 0. The van der Waals surface area contributed by atoms with E-state index in [1.807, 2.05) is 0 Å². The number of carboxylic acids is 1. The number of hydrogen-bond donors (Lipinski definition) is 1. The van der Waals surface area contributed by atoms with Crippen LogP contribution in [-0.2, 0) is 0 Å². The molecule has 0 fully saturated rings. The minimum atomic E-state index is -1.02. The van der Waals surface area contributed by atoms with Gasteiger partial charge in [-0.15, -0.1) is 0 Å². The minimum Gasteiger partial charge on any atom is -0.478 e. The Morgan fingerprint density at radius 3 is 2.62 bits per heavy atom. The highest BCUT2D eigenvalue weighted by Crippen LogP contribution is 2.27. The second-order valence-corrected chi connectivity index (χ2v) is 5.36. The van der Waals surface area contributed by atoms with Crippen molar-refractivity contribution in [2.45, 2.75) is 0 Å². The average molecular weight is 346 g/mol. The number of fused-ring (bicyclic) bond motifs is 1. The summed E-state index contributed by atoms with van der Waals surface area (Å²) in [7, 11) is 0. The highest BCUT2D eigenvalue weighted by atomic mass is 79.9. The smallest absolute Gasteiger partial charge is 0.336 e. The molecule has 104 valence electrons. The number of carbonyl (C=O) groups is 1. The van der Waals surface area contributed by atoms with Crippen LogP contribution >= 0.6 is 15.9 Å². The Bertz CT molecular complexity index is 864. The molecule has 0 saturated carbocycles. The number of para-hydroxylation sites is 1. The summed E-state index contributed by atoms with van der Waals surface area (Å²) in [5.41, 5.74) is 1.91. The van der Waals surface area contributed by atoms with Crippen molar-refractivity contribution in [3.63, 3.8) is 0 Å². The van der Waals surface area contributed by atoms with E-state index in [2.05, 4.69) is 20.9 Å². The number of halogens is 2. The van der Waals surface area contributed by atoms with Gasteiger partial charge in [-0.25, -0.2) is 14.2 Å². The largest absolute Gasteiger partial charge is 0.478 e. The van der Waals surface area contributed by atoms with Gasteiger partial charge in [-0.3, -0.25) is 0 Å². The van der Waals surface area contributed by atoms with Crippen LogP contribution in [0.1, 0.15) is 10.4 Å². The van der Waals surface area contributed by atoms with Gasteiger partial charge in [-0.05, 0) is 46.3 Å². The number of hydrogen-bond acceptors (Lipinski definition) is 2. The maximum absolute atomic E-state index is 13.3. The third-order valence-electron chi connectivity index (χ3n) is 3.16. The summed E-state index contributed by atoms with van der Waals surface area (Å²) in [5.74, 6) is -1.39. The molecule has 1 N–H and O–H groups in total. The Morgan fingerprint density at radius 1 is 1.14 bits per heavy atom. The Labute approximate surface area is 128 Å². The summed E-state index contributed by atoms with van der Waals surface area (Å²) in [4.78, 5) is 15.9. The third-order valence-corrected chi connectivity index (χ3v) is 3.77. The molecule has 0 unspecified atom stereocenters. The molecule has 0 bridgehead atoms. The van der Waals surface area contributed by atoms with Crippen molar-refractivity contribution in [2.75, 3.05) is 0 Å². The molecule has 21 heavy (non-hydrogen) atoms. The van der Waals surface area contributed by atoms with E-state index >= 15 is 0 Å². The number of rotatable bonds is 2. The molecule has 0 aliphatic carbocycles. The first-order valence-corrected chi connectivity index (χ1v) is 6.94. The van der Waals surface area contributed by atoms with Gasteiger partial charge in [0.05, 0.1) is 21.2 Å². The normalized spacial score (nSPS) is 10.8. The zero-order valence-corrected chi connectivity index (χ0v) is 12.3. The summed E-state index contributed by atoms with van der Waals surface area (Å²) in [6.07, 6.45) is 0. The Kier molecular flexibility index (Phi) is 3.43. The van der Waals surface area contributed by atoms with Gasteiger partial charge in [0.1, 0.15) is 5.82 Å². The summed E-state index contributed by atoms with van der Waals surface area (Å²) < 4.78 is 13.6. The first-order valence-electron chi connectivity index (χ1n) is 6.15. The maximum Gasteiger partial charge on any atom is 0.336 e. The van der Waals surface area contributed by atoms with Gasteiger partial charge in [0.2, 0.25) is 0 Å². The van der Waals surface area contributed by atoms with Gasteiger partial charge in [0, 0.05) is 10.9 Å². The number of aromatic nitrogens is 1. The van der Waals surface area contributed by atoms with Crippen molar-refractivity contribution in [2.24, 2.45) is 0 Å². The van der Waals surface area contributed by atoms with Gasteiger partial charge < -0.3 is 5.11 Å². The molecule has 0 spiro atoms. The van der Waals surface area contributed by atoms with E-state index in [-0.39, 0.29) is 11.4 Å². The molecule has 0 aliphatic heterocycles. The summed E-state index contributed by atoms with van der Waals surface area (Å²) in [6, 6.07) is 13.0. The Morgan fingerprint density at radius 2 is 1.90 bits per heavy atom. The standard InChI is InChI=1S/C16H9BrFNO2/c17-12-7-9(5-6-13(12)18)15-8-11(16(20)21)10-3-1-2-4-14(10)19-15/h1-8H,(H,20,21). The van der Waals surface area contributed by atoms with E-state index in [0.29, 0.717) is 26.6 Å². The van der Waals surface area contributed by atoms with E-state index in [0.717, 1.165) is 0 Å². The van der Waals surface area contributed by atoms with Crippen molar-refractivity contribution in [3.8, 4) is 11.3 Å². The molecule has 0 radical (unpaired) electrons. The van der Waals surface area contributed by atoms with Crippen LogP contribution in [0.2, 0.25) is 0 Å². The molecular formula is C16H9BrFNO2. The number of carboxylic acid groups (broad SMARTS) is 1. The average Bonchev–Trinajstić information content (AvgIpc) is 2.48. The highest BCUT2D eigenvalue weighted by Gasteiger charge is 2.13. The molecule has 3 aromatic rings. The summed E-state index contributed by atoms with van der Waals surface area (Å²) >= 11 is 3.12. The molecule has 2 aromatic carbocycles. The topological polar surface area (TPSA) is 50.2 Å². The molecule has 0 aliphatic rings. The van der Waals surface area contributed by atoms with E-state index in [4.69, 9.17) is 0 Å². The third kappa shape index (κ3) is 2.52. The fourth-order valence-corrected chi connectivity index (χ4v) is 2.53. The van der Waals surface area contributed by atoms with E-state index in [9.17, 15) is 14.3 Å². The van der Waals surface area contributed by atoms with Crippen LogP contribution in [0.3, 0.4) is 0 Å². The van der Waals surface area contributed by atoms with E-state index < -0.39 is 5.97 Å². The lowest BCUT2D eigenvalue weighted by Crippen LogP contribution is -2.00. The molecule has 3 nitrogen and oxygen atoms in total. The van der Waals surface area contributed by atoms with Gasteiger partial charge in [-0.2, -0.15) is 0 Å². The monoisotopic (exact) mass is 345 g/mol. The van der Waals surface area contributed by atoms with Gasteiger partial charge in [0.25, 0.3) is 0 Å². The van der Waals surface area contributed by atoms with Gasteiger partial charge in [0.15, 0.2) is 0 Å². The van der Waals surface area contributed by atoms with Crippen molar-refractivity contribution < 1.29 is 14.3 Å². The fourth-order valence-electron chi connectivity index (χ4n) is 2.16. The van der Waals surface area contributed by atoms with Crippen LogP contribution in [0.4, 0.5) is 4.39 Å². The predicted molar refractivity (Wildman–Crippen MR) is 81.8 cm³/mol. The van der Waals surface area contributed by atoms with Crippen molar-refractivity contribution in [1.29, 1.82) is 0 Å². The number of aromatic carboxylic acids is 1. The second kappa shape index (κ2) is 5.26. The highest BCUT2D eigenvalue weighted by molar-refractivity contribution is 9.10. The molecular weight excluding hydrogens is 337 g/mol. The lowest BCUT2D eigenvalue weighted by molar-refractivity contribution is 0.0699. The number of pyridine rings is 1. The molecule has 0 saturated heterocycles. The second-order valence-electron chi connectivity index (χ2n) is 4.51. The van der Waals surface area contributed by atoms with Crippen LogP contribution in [0, 0.1) is 5.82 Å². The zero-order valence-electron chi connectivity index (χ0n) is 10.7. The van der Waals surface area contributed by atoms with Crippen LogP contribution in [0.5, 0.6) is 0 Å². The lowest BCUT2D eigenvalue weighted by atomic mass is 10.0. The summed E-state index contributed by atoms with van der Waals surface area (Å²) in [5, 5.41) is 9.93. The fraction of sp³-hybridized carbons (Fsp3) is 0. The van der Waals surface area contributed by atoms with Gasteiger partial charge in [-0.1, -0.05) is 18.2 Å². The van der Waals surface area contributed by atoms with Crippen molar-refractivity contribution >= 4 is 32.8 Å². The number of nitrogens with zero attached hydrogens (tertiary/aromatic N) is 1. The molecule has 5 heteroatoms. The molecule has 0 amide bonds. The number of benzene rings is 2. The SMILES string of the molecule is O=C(O)c1cc(-c2ccc(F)c(Br)c2)nc2ccccc12. The predicted octanol–water partition coefficient (Wildman–Crippen LogP) is 4.50. The lowest BCUT2D eigenvalue weighted by Gasteiger charge is -2.07. The van der Waals surface area contributed by atoms with Crippen LogP contribution < -0.4 is 0 Å². The molecule has 3 rings (SSSR count). The van der Waals surface area contributed by atoms with Crippen molar-refractivity contribution in [3.05, 3.63) is 64.4 Å². The quantitative estimate of drug-likeness (QED) is 0.743. The Balaban J connectivity index is 2.28. The zero-order chi connectivity index (χ0) is 15.0. The minimum absolute atomic E-state index is 0.177. The van der Waals surface area contributed by atoms with Crippen molar-refractivity contribution in [1.82, 2.24) is 4.98 Å². The molecule has 0 atom stereocenters.